The number of carbonyl (C=O) groups excluding carboxylic acids is 3. The van der Waals surface area contributed by atoms with E-state index in [4.69, 9.17) is 0 Å². The minimum Gasteiger partial charge on any atom is -0.388 e. The van der Waals surface area contributed by atoms with Crippen LogP contribution in [0.4, 0.5) is 4.79 Å². The largest absolute Gasteiger partial charge is 0.388 e. The summed E-state index contributed by atoms with van der Waals surface area (Å²) in [5, 5.41) is 13.3. The molecular formula is C16H28N4O4. The molecule has 1 atom stereocenters. The first-order valence-electron chi connectivity index (χ1n) is 8.33. The predicted octanol–water partition coefficient (Wildman–Crippen LogP) is -0.378. The van der Waals surface area contributed by atoms with Gasteiger partial charge in [-0.05, 0) is 33.2 Å². The van der Waals surface area contributed by atoms with Crippen LogP contribution in [0.5, 0.6) is 0 Å². The molecule has 2 N–H and O–H groups in total. The number of nitrogens with one attached hydrogen (secondary N) is 1. The van der Waals surface area contributed by atoms with Gasteiger partial charge in [0.1, 0.15) is 5.54 Å². The first-order valence-corrected chi connectivity index (χ1v) is 8.33. The molecule has 8 nitrogen and oxygen atoms in total. The Morgan fingerprint density at radius 1 is 1.29 bits per heavy atom. The summed E-state index contributed by atoms with van der Waals surface area (Å²) in [6.07, 6.45) is 1.45. The van der Waals surface area contributed by atoms with Gasteiger partial charge in [-0.3, -0.25) is 19.4 Å². The number of likely N-dealkylation sites (tertiary alicyclic amines) is 1. The number of carbonyl (C=O) groups is 3. The van der Waals surface area contributed by atoms with E-state index in [1.54, 1.807) is 27.9 Å². The third-order valence-corrected chi connectivity index (χ3v) is 4.70. The highest BCUT2D eigenvalue weighted by Crippen LogP contribution is 2.25. The van der Waals surface area contributed by atoms with Crippen LogP contribution in [0.25, 0.3) is 0 Å². The molecule has 2 rings (SSSR count). The predicted molar refractivity (Wildman–Crippen MR) is 88.3 cm³/mol. The van der Waals surface area contributed by atoms with Crippen molar-refractivity contribution in [3.63, 3.8) is 0 Å². The van der Waals surface area contributed by atoms with E-state index in [0.29, 0.717) is 19.5 Å². The highest BCUT2D eigenvalue weighted by Gasteiger charge is 2.44. The third kappa shape index (κ3) is 4.05. The molecule has 0 spiro atoms. The average molecular weight is 340 g/mol. The fraction of sp³-hybridized carbons (Fsp3) is 0.812. The van der Waals surface area contributed by atoms with Crippen LogP contribution < -0.4 is 5.32 Å². The molecule has 1 unspecified atom stereocenters. The summed E-state index contributed by atoms with van der Waals surface area (Å²) < 4.78 is 0. The van der Waals surface area contributed by atoms with E-state index >= 15 is 0 Å². The lowest BCUT2D eigenvalue weighted by molar-refractivity contribution is -0.136. The van der Waals surface area contributed by atoms with Crippen molar-refractivity contribution in [1.82, 2.24) is 20.0 Å². The molecule has 8 heteroatoms. The fourth-order valence-electron chi connectivity index (χ4n) is 3.24. The second kappa shape index (κ2) is 6.68. The van der Waals surface area contributed by atoms with Gasteiger partial charge in [0.05, 0.1) is 12.0 Å². The van der Waals surface area contributed by atoms with Crippen LogP contribution in [0.1, 0.15) is 33.1 Å². The van der Waals surface area contributed by atoms with Crippen molar-refractivity contribution < 1.29 is 19.5 Å². The SMILES string of the molecule is CN(C)C(=O)CC1(O)CCCN(CCN2C(=O)NC(C)(C)C2=O)C1. The van der Waals surface area contributed by atoms with Crippen LogP contribution in [0.15, 0.2) is 0 Å². The van der Waals surface area contributed by atoms with Gasteiger partial charge in [0.15, 0.2) is 0 Å². The van der Waals surface area contributed by atoms with Crippen LogP contribution in [-0.4, -0.2) is 89.1 Å². The van der Waals surface area contributed by atoms with Crippen LogP contribution in [0.3, 0.4) is 0 Å². The maximum atomic E-state index is 12.2. The Morgan fingerprint density at radius 2 is 1.96 bits per heavy atom. The highest BCUT2D eigenvalue weighted by molar-refractivity contribution is 6.06. The van der Waals surface area contributed by atoms with Gasteiger partial charge in [0.2, 0.25) is 5.91 Å². The minimum absolute atomic E-state index is 0.0899. The second-order valence-electron chi connectivity index (χ2n) is 7.58. The third-order valence-electron chi connectivity index (χ3n) is 4.70. The van der Waals surface area contributed by atoms with Gasteiger partial charge in [-0.1, -0.05) is 0 Å². The zero-order valence-electron chi connectivity index (χ0n) is 15.0. The Bertz CT molecular complexity index is 534. The molecule has 2 aliphatic rings. The molecule has 4 amide bonds. The smallest absolute Gasteiger partial charge is 0.325 e. The van der Waals surface area contributed by atoms with Crippen LogP contribution in [0.2, 0.25) is 0 Å². The number of piperidine rings is 1. The second-order valence-corrected chi connectivity index (χ2v) is 7.58. The van der Waals surface area contributed by atoms with Crippen LogP contribution in [0, 0.1) is 0 Å². The number of nitrogens with zero attached hydrogens (tertiary/aromatic N) is 3. The topological polar surface area (TPSA) is 93.2 Å². The normalized spacial score (nSPS) is 27.3. The molecule has 0 bridgehead atoms. The minimum atomic E-state index is -1.05. The van der Waals surface area contributed by atoms with Crippen LogP contribution in [-0.2, 0) is 9.59 Å². The van der Waals surface area contributed by atoms with E-state index < -0.39 is 11.1 Å². The maximum Gasteiger partial charge on any atom is 0.325 e. The molecule has 0 aromatic heterocycles. The van der Waals surface area contributed by atoms with Crippen molar-refractivity contribution >= 4 is 17.8 Å². The number of urea groups is 1. The molecule has 2 heterocycles. The van der Waals surface area contributed by atoms with Crippen molar-refractivity contribution in [3.05, 3.63) is 0 Å². The molecule has 2 fully saturated rings. The van der Waals surface area contributed by atoms with Gasteiger partial charge < -0.3 is 15.3 Å². The number of hydrogen-bond donors (Lipinski definition) is 2. The summed E-state index contributed by atoms with van der Waals surface area (Å²) in [5.41, 5.74) is -1.91. The Balaban J connectivity index is 1.91. The number of hydrogen-bond acceptors (Lipinski definition) is 5. The maximum absolute atomic E-state index is 12.2. The Morgan fingerprint density at radius 3 is 2.50 bits per heavy atom. The Labute approximate surface area is 142 Å². The Kier molecular flexibility index (Phi) is 5.19. The van der Waals surface area contributed by atoms with E-state index in [1.165, 1.54) is 9.80 Å². The zero-order chi connectivity index (χ0) is 18.1. The number of amides is 4. The summed E-state index contributed by atoms with van der Waals surface area (Å²) >= 11 is 0. The molecule has 2 saturated heterocycles. The van der Waals surface area contributed by atoms with Crippen LogP contribution >= 0.6 is 0 Å². The average Bonchev–Trinajstić information content (AvgIpc) is 2.65. The van der Waals surface area contributed by atoms with E-state index in [0.717, 1.165) is 13.0 Å². The molecule has 0 aliphatic carbocycles. The number of aliphatic hydroxyl groups is 1. The van der Waals surface area contributed by atoms with Crippen molar-refractivity contribution in [2.45, 2.75) is 44.2 Å². The molecule has 24 heavy (non-hydrogen) atoms. The Hall–Kier alpha value is -1.67. The summed E-state index contributed by atoms with van der Waals surface area (Å²) in [4.78, 5) is 40.7. The lowest BCUT2D eigenvalue weighted by Crippen LogP contribution is -2.52. The van der Waals surface area contributed by atoms with Crippen molar-refractivity contribution in [3.8, 4) is 0 Å². The van der Waals surface area contributed by atoms with Crippen molar-refractivity contribution in [1.29, 1.82) is 0 Å². The first-order chi connectivity index (χ1) is 11.0. The zero-order valence-corrected chi connectivity index (χ0v) is 15.0. The van der Waals surface area contributed by atoms with Gasteiger partial charge in [0.25, 0.3) is 5.91 Å². The fourth-order valence-corrected chi connectivity index (χ4v) is 3.24. The van der Waals surface area contributed by atoms with Crippen molar-refractivity contribution in [2.75, 3.05) is 40.3 Å². The quantitative estimate of drug-likeness (QED) is 0.666. The van der Waals surface area contributed by atoms with Crippen molar-refractivity contribution in [2.24, 2.45) is 0 Å². The molecule has 0 aromatic rings. The van der Waals surface area contributed by atoms with Gasteiger partial charge in [-0.25, -0.2) is 4.79 Å². The molecule has 0 aromatic carbocycles. The molecule has 0 saturated carbocycles. The van der Waals surface area contributed by atoms with Gasteiger partial charge in [0, 0.05) is 33.7 Å². The molecular weight excluding hydrogens is 312 g/mol. The lowest BCUT2D eigenvalue weighted by Gasteiger charge is -2.39. The molecule has 0 radical (unpaired) electrons. The number of rotatable bonds is 5. The monoisotopic (exact) mass is 340 g/mol. The number of β-amino-alcohol motifs (C(OH)–C–C–N with tert-alkyl or cyclic N) is 1. The molecule has 136 valence electrons. The first kappa shape index (κ1) is 18.7. The summed E-state index contributed by atoms with van der Waals surface area (Å²) in [6.45, 7) is 5.30. The standard InChI is InChI=1S/C16H28N4O4/c1-15(2)13(22)20(14(23)17-15)9-8-19-7-5-6-16(24,11-19)10-12(21)18(3)4/h24H,5-11H2,1-4H3,(H,17,23). The van der Waals surface area contributed by atoms with E-state index in [1.807, 2.05) is 4.90 Å². The molecule has 2 aliphatic heterocycles. The van der Waals surface area contributed by atoms with E-state index in [2.05, 4.69) is 5.32 Å². The van der Waals surface area contributed by atoms with Gasteiger partial charge in [-0.2, -0.15) is 0 Å². The lowest BCUT2D eigenvalue weighted by atomic mass is 9.89. The number of imide groups is 1. The van der Waals surface area contributed by atoms with E-state index in [9.17, 15) is 19.5 Å². The summed E-state index contributed by atoms with van der Waals surface area (Å²) in [5.74, 6) is -0.335. The van der Waals surface area contributed by atoms with Gasteiger partial charge >= 0.3 is 6.03 Å². The van der Waals surface area contributed by atoms with Gasteiger partial charge in [-0.15, -0.1) is 0 Å². The highest BCUT2D eigenvalue weighted by atomic mass is 16.3. The van der Waals surface area contributed by atoms with E-state index in [-0.39, 0.29) is 30.8 Å². The summed E-state index contributed by atoms with van der Waals surface area (Å²) in [6, 6.07) is -0.375. The summed E-state index contributed by atoms with van der Waals surface area (Å²) in [7, 11) is 3.34.